The topological polar surface area (TPSA) is 21.3 Å². The van der Waals surface area contributed by atoms with Crippen molar-refractivity contribution in [1.82, 2.24) is 4.57 Å². The van der Waals surface area contributed by atoms with Crippen LogP contribution in [0.1, 0.15) is 0 Å². The van der Waals surface area contributed by atoms with Gasteiger partial charge in [-0.05, 0) is 99.3 Å². The van der Waals surface area contributed by atoms with Gasteiger partial charge in [-0.3, -0.25) is 0 Å². The highest BCUT2D eigenvalue weighted by molar-refractivity contribution is 6.15. The summed E-state index contributed by atoms with van der Waals surface area (Å²) in [7, 11) is 0. The predicted molar refractivity (Wildman–Crippen MR) is 282 cm³/mol. The molecule has 0 fully saturated rings. The number of aromatic nitrogens is 1. The van der Waals surface area contributed by atoms with E-state index in [0.29, 0.717) is 0 Å². The molecule has 0 bridgehead atoms. The lowest BCUT2D eigenvalue weighted by molar-refractivity contribution is 0.669. The predicted octanol–water partition coefficient (Wildman–Crippen LogP) is 18.0. The molecule has 0 aliphatic carbocycles. The second-order valence-corrected chi connectivity index (χ2v) is 17.2. The zero-order chi connectivity index (χ0) is 44.3. The lowest BCUT2D eigenvalue weighted by Crippen LogP contribution is -2.12. The van der Waals surface area contributed by atoms with Gasteiger partial charge in [-0.2, -0.15) is 0 Å². The van der Waals surface area contributed by atoms with E-state index in [0.717, 1.165) is 72.5 Å². The van der Waals surface area contributed by atoms with E-state index >= 15 is 0 Å². The van der Waals surface area contributed by atoms with Gasteiger partial charge in [0, 0.05) is 49.6 Å². The van der Waals surface area contributed by atoms with Crippen molar-refractivity contribution in [3.8, 4) is 50.2 Å². The van der Waals surface area contributed by atoms with E-state index in [9.17, 15) is 0 Å². The summed E-state index contributed by atoms with van der Waals surface area (Å²) in [5.41, 5.74) is 17.7. The summed E-state index contributed by atoms with van der Waals surface area (Å²) in [6.07, 6.45) is 0. The van der Waals surface area contributed by atoms with E-state index in [4.69, 9.17) is 4.42 Å². The van der Waals surface area contributed by atoms with Gasteiger partial charge < -0.3 is 13.9 Å². The third-order valence-electron chi connectivity index (χ3n) is 13.4. The Morgan fingerprint density at radius 2 is 0.881 bits per heavy atom. The van der Waals surface area contributed by atoms with Crippen LogP contribution in [0, 0.1) is 0 Å². The van der Waals surface area contributed by atoms with Crippen molar-refractivity contribution in [2.24, 2.45) is 0 Å². The number of hydrogen-bond acceptors (Lipinski definition) is 2. The summed E-state index contributed by atoms with van der Waals surface area (Å²) in [6.45, 7) is 0. The number of hydrogen-bond donors (Lipinski definition) is 0. The molecule has 0 aliphatic heterocycles. The third-order valence-corrected chi connectivity index (χ3v) is 13.4. The van der Waals surface area contributed by atoms with Crippen LogP contribution < -0.4 is 4.90 Å². The smallest absolute Gasteiger partial charge is 0.136 e. The van der Waals surface area contributed by atoms with E-state index in [-0.39, 0.29) is 0 Å². The van der Waals surface area contributed by atoms with Gasteiger partial charge >= 0.3 is 0 Å². The molecule has 0 amide bonds. The molecule has 13 aromatic rings. The van der Waals surface area contributed by atoms with Crippen molar-refractivity contribution in [3.63, 3.8) is 0 Å². The van der Waals surface area contributed by atoms with E-state index in [2.05, 4.69) is 252 Å². The van der Waals surface area contributed by atoms with E-state index in [1.165, 1.54) is 49.3 Å². The quantitative estimate of drug-likeness (QED) is 0.152. The molecule has 2 heterocycles. The molecule has 67 heavy (non-hydrogen) atoms. The van der Waals surface area contributed by atoms with Gasteiger partial charge in [0.2, 0.25) is 0 Å². The lowest BCUT2D eigenvalue weighted by Gasteiger charge is -2.30. The van der Waals surface area contributed by atoms with Gasteiger partial charge in [-0.25, -0.2) is 0 Å². The molecular formula is C64H42N2O. The molecule has 0 saturated heterocycles. The molecule has 314 valence electrons. The molecule has 3 nitrogen and oxygen atoms in total. The van der Waals surface area contributed by atoms with Crippen molar-refractivity contribution in [2.75, 3.05) is 4.90 Å². The van der Waals surface area contributed by atoms with E-state index in [1.54, 1.807) is 0 Å². The van der Waals surface area contributed by atoms with Gasteiger partial charge in [0.15, 0.2) is 0 Å². The minimum Gasteiger partial charge on any atom is -0.456 e. The highest BCUT2D eigenvalue weighted by atomic mass is 16.3. The summed E-state index contributed by atoms with van der Waals surface area (Å²) in [5.74, 6) is 0. The highest BCUT2D eigenvalue weighted by Gasteiger charge is 2.24. The van der Waals surface area contributed by atoms with Crippen molar-refractivity contribution < 1.29 is 4.42 Å². The first kappa shape index (κ1) is 38.5. The molecule has 0 radical (unpaired) electrons. The third kappa shape index (κ3) is 6.43. The number of para-hydroxylation sites is 6. The van der Waals surface area contributed by atoms with Crippen molar-refractivity contribution in [3.05, 3.63) is 255 Å². The Morgan fingerprint density at radius 1 is 0.328 bits per heavy atom. The minimum atomic E-state index is 0.888. The van der Waals surface area contributed by atoms with Crippen LogP contribution in [0.2, 0.25) is 0 Å². The van der Waals surface area contributed by atoms with Crippen LogP contribution in [0.5, 0.6) is 0 Å². The number of rotatable bonds is 8. The number of benzene rings is 11. The highest BCUT2D eigenvalue weighted by Crippen LogP contribution is 2.49. The fourth-order valence-electron chi connectivity index (χ4n) is 10.4. The first-order chi connectivity index (χ1) is 33.3. The molecule has 11 aromatic carbocycles. The van der Waals surface area contributed by atoms with Gasteiger partial charge in [-0.1, -0.05) is 194 Å². The SMILES string of the molecule is c1ccc(-c2cccc3cccc(-c4ccccc4N(c4ccc(-c5ccc6c(c5)oc5ccccc56)cc4)c4ccccc4-c4cccc5c6ccccc6n(-c6ccccc6)c45)c23)cc1. The summed E-state index contributed by atoms with van der Waals surface area (Å²) >= 11 is 0. The maximum Gasteiger partial charge on any atom is 0.136 e. The van der Waals surface area contributed by atoms with Gasteiger partial charge in [-0.15, -0.1) is 0 Å². The molecule has 0 atom stereocenters. The van der Waals surface area contributed by atoms with E-state index in [1.807, 2.05) is 12.1 Å². The van der Waals surface area contributed by atoms with Gasteiger partial charge in [0.25, 0.3) is 0 Å². The fraction of sp³-hybridized carbons (Fsp3) is 0. The molecule has 0 aliphatic rings. The van der Waals surface area contributed by atoms with Crippen molar-refractivity contribution in [2.45, 2.75) is 0 Å². The van der Waals surface area contributed by atoms with Crippen LogP contribution >= 0.6 is 0 Å². The Labute approximate surface area is 388 Å². The monoisotopic (exact) mass is 854 g/mol. The van der Waals surface area contributed by atoms with Crippen LogP contribution in [0.4, 0.5) is 17.1 Å². The van der Waals surface area contributed by atoms with Crippen LogP contribution in [0.3, 0.4) is 0 Å². The molecule has 2 aromatic heterocycles. The Hall–Kier alpha value is -8.92. The second-order valence-electron chi connectivity index (χ2n) is 17.2. The Kier molecular flexibility index (Phi) is 9.17. The summed E-state index contributed by atoms with van der Waals surface area (Å²) < 4.78 is 8.78. The normalized spacial score (nSPS) is 11.6. The molecule has 0 unspecified atom stereocenters. The maximum atomic E-state index is 6.35. The average molecular weight is 855 g/mol. The average Bonchev–Trinajstić information content (AvgIpc) is 3.95. The molecule has 3 heteroatoms. The molecule has 13 rings (SSSR count). The zero-order valence-corrected chi connectivity index (χ0v) is 36.6. The van der Waals surface area contributed by atoms with Crippen LogP contribution in [0.25, 0.3) is 105 Å². The first-order valence-corrected chi connectivity index (χ1v) is 22.9. The largest absolute Gasteiger partial charge is 0.456 e. The fourth-order valence-corrected chi connectivity index (χ4v) is 10.4. The Bertz CT molecular complexity index is 3970. The Balaban J connectivity index is 1.05. The van der Waals surface area contributed by atoms with Crippen molar-refractivity contribution >= 4 is 71.6 Å². The second kappa shape index (κ2) is 16.0. The van der Waals surface area contributed by atoms with Crippen LogP contribution in [-0.2, 0) is 0 Å². The van der Waals surface area contributed by atoms with Crippen LogP contribution in [0.15, 0.2) is 259 Å². The molecule has 0 saturated carbocycles. The molecule has 0 N–H and O–H groups in total. The zero-order valence-electron chi connectivity index (χ0n) is 36.6. The number of nitrogens with zero attached hydrogens (tertiary/aromatic N) is 2. The number of anilines is 3. The molecular weight excluding hydrogens is 813 g/mol. The number of fused-ring (bicyclic) bond motifs is 7. The van der Waals surface area contributed by atoms with Gasteiger partial charge in [0.1, 0.15) is 11.2 Å². The summed E-state index contributed by atoms with van der Waals surface area (Å²) in [5, 5.41) is 7.13. The minimum absolute atomic E-state index is 0.888. The van der Waals surface area contributed by atoms with Crippen LogP contribution in [-0.4, -0.2) is 4.57 Å². The first-order valence-electron chi connectivity index (χ1n) is 22.9. The maximum absolute atomic E-state index is 6.35. The standard InChI is InChI=1S/C64H42N2O/c1-3-18-44(19-4-1)49-28-15-20-45-21-16-29-55(63(45)49)50-24-7-11-32-58(50)65(48-39-36-43(37-40-48)46-38-41-54-53-27-10-14-35-61(53)67-62(54)42-46)59-33-12-8-25-51(59)56-30-17-31-57-52-26-9-13-34-60(52)66(64(56)57)47-22-5-2-6-23-47/h1-42H. The van der Waals surface area contributed by atoms with Gasteiger partial charge in [0.05, 0.1) is 22.4 Å². The number of furan rings is 1. The lowest BCUT2D eigenvalue weighted by atomic mass is 9.90. The summed E-state index contributed by atoms with van der Waals surface area (Å²) in [6, 6.07) is 92.1. The summed E-state index contributed by atoms with van der Waals surface area (Å²) in [4.78, 5) is 2.47. The van der Waals surface area contributed by atoms with E-state index < -0.39 is 0 Å². The Morgan fingerprint density at radius 3 is 1.66 bits per heavy atom. The van der Waals surface area contributed by atoms with Crippen molar-refractivity contribution in [1.29, 1.82) is 0 Å². The molecule has 0 spiro atoms.